The van der Waals surface area contributed by atoms with Gasteiger partial charge in [0.05, 0.1) is 0 Å². The molecule has 0 saturated carbocycles. The Labute approximate surface area is 172 Å². The first-order valence-corrected chi connectivity index (χ1v) is 9.52. The molecule has 1 amide bonds. The predicted molar refractivity (Wildman–Crippen MR) is 113 cm³/mol. The lowest BCUT2D eigenvalue weighted by Crippen LogP contribution is -2.23. The summed E-state index contributed by atoms with van der Waals surface area (Å²) in [6.07, 6.45) is 10.8. The maximum Gasteiger partial charge on any atom is 0.272 e. The predicted octanol–water partition coefficient (Wildman–Crippen LogP) is 3.51. The number of carbonyl (C=O) groups excluding carboxylic acids is 1. The highest BCUT2D eigenvalue weighted by molar-refractivity contribution is 5.92. The average molecular weight is 394 g/mol. The summed E-state index contributed by atoms with van der Waals surface area (Å²) in [5, 5.41) is 7.36. The van der Waals surface area contributed by atoms with Crippen LogP contribution in [0.2, 0.25) is 0 Å². The van der Waals surface area contributed by atoms with E-state index in [0.717, 1.165) is 28.0 Å². The van der Waals surface area contributed by atoms with E-state index in [0.29, 0.717) is 12.2 Å². The normalized spacial score (nSPS) is 10.9. The number of nitrogens with zero attached hydrogens (tertiary/aromatic N) is 5. The third kappa shape index (κ3) is 3.44. The van der Waals surface area contributed by atoms with E-state index in [-0.39, 0.29) is 5.91 Å². The molecule has 0 aromatic carbocycles. The van der Waals surface area contributed by atoms with Gasteiger partial charge in [-0.15, -0.1) is 0 Å². The lowest BCUT2D eigenvalue weighted by Gasteiger charge is -2.07. The number of hydrogen-bond acceptors (Lipinski definition) is 4. The Morgan fingerprint density at radius 2 is 1.77 bits per heavy atom. The van der Waals surface area contributed by atoms with Crippen LogP contribution in [-0.2, 0) is 6.54 Å². The summed E-state index contributed by atoms with van der Waals surface area (Å²) in [6, 6.07) is 17.5. The molecule has 0 atom stereocenters. The van der Waals surface area contributed by atoms with Gasteiger partial charge in [0.15, 0.2) is 5.69 Å². The SMILES string of the molecule is O=C(NCc1ccncc1)c1ccn(-c2ccc3ccc(-c4cccnc4)cn23)n1. The molecule has 0 spiro atoms. The first kappa shape index (κ1) is 17.8. The van der Waals surface area contributed by atoms with Crippen LogP contribution in [0.4, 0.5) is 0 Å². The van der Waals surface area contributed by atoms with Gasteiger partial charge in [-0.3, -0.25) is 14.8 Å². The maximum atomic E-state index is 12.5. The standard InChI is InChI=1S/C23H18N6O/c30-23(26-14-17-7-11-24-12-8-17)21-9-13-29(27-21)22-6-5-20-4-3-19(16-28(20)22)18-2-1-10-25-15-18/h1-13,15-16H,14H2,(H,26,30). The third-order valence-electron chi connectivity index (χ3n) is 4.88. The number of amides is 1. The third-order valence-corrected chi connectivity index (χ3v) is 4.88. The van der Waals surface area contributed by atoms with Gasteiger partial charge in [-0.1, -0.05) is 12.1 Å². The van der Waals surface area contributed by atoms with Crippen molar-refractivity contribution in [1.29, 1.82) is 0 Å². The zero-order valence-electron chi connectivity index (χ0n) is 16.0. The van der Waals surface area contributed by atoms with Gasteiger partial charge in [0, 0.05) is 54.8 Å². The molecule has 146 valence electrons. The minimum atomic E-state index is -0.220. The van der Waals surface area contributed by atoms with Crippen LogP contribution in [0.3, 0.4) is 0 Å². The molecule has 0 aliphatic heterocycles. The first-order valence-electron chi connectivity index (χ1n) is 9.52. The summed E-state index contributed by atoms with van der Waals surface area (Å²) < 4.78 is 3.76. The number of pyridine rings is 3. The quantitative estimate of drug-likeness (QED) is 0.495. The highest BCUT2D eigenvalue weighted by Crippen LogP contribution is 2.22. The van der Waals surface area contributed by atoms with Crippen LogP contribution >= 0.6 is 0 Å². The van der Waals surface area contributed by atoms with Crippen molar-refractivity contribution in [3.8, 4) is 16.9 Å². The minimum Gasteiger partial charge on any atom is -0.347 e. The fourth-order valence-electron chi connectivity index (χ4n) is 3.32. The van der Waals surface area contributed by atoms with E-state index < -0.39 is 0 Å². The molecule has 0 unspecified atom stereocenters. The zero-order valence-corrected chi connectivity index (χ0v) is 16.0. The molecule has 0 radical (unpaired) electrons. The monoisotopic (exact) mass is 394 g/mol. The van der Waals surface area contributed by atoms with Crippen LogP contribution in [0, 0.1) is 0 Å². The summed E-state index contributed by atoms with van der Waals surface area (Å²) in [4.78, 5) is 20.7. The molecule has 1 N–H and O–H groups in total. The molecule has 7 nitrogen and oxygen atoms in total. The summed E-state index contributed by atoms with van der Waals surface area (Å²) in [7, 11) is 0. The molecule has 5 rings (SSSR count). The molecule has 0 saturated heterocycles. The number of hydrogen-bond donors (Lipinski definition) is 1. The van der Waals surface area contributed by atoms with E-state index in [1.54, 1.807) is 35.5 Å². The largest absolute Gasteiger partial charge is 0.347 e. The first-order chi connectivity index (χ1) is 14.8. The highest BCUT2D eigenvalue weighted by atomic mass is 16.1. The lowest BCUT2D eigenvalue weighted by molar-refractivity contribution is 0.0945. The number of aromatic nitrogens is 5. The molecule has 0 fully saturated rings. The van der Waals surface area contributed by atoms with Crippen molar-refractivity contribution in [1.82, 2.24) is 29.5 Å². The van der Waals surface area contributed by atoms with Crippen molar-refractivity contribution in [2.75, 3.05) is 0 Å². The second-order valence-corrected chi connectivity index (χ2v) is 6.83. The molecule has 0 aliphatic rings. The molecule has 0 bridgehead atoms. The zero-order chi connectivity index (χ0) is 20.3. The molecule has 5 aromatic rings. The second kappa shape index (κ2) is 7.63. The van der Waals surface area contributed by atoms with E-state index in [2.05, 4.69) is 32.5 Å². The fraction of sp³-hybridized carbons (Fsp3) is 0.0435. The number of nitrogens with one attached hydrogen (secondary N) is 1. The number of carbonyl (C=O) groups is 1. The van der Waals surface area contributed by atoms with Crippen LogP contribution in [0.5, 0.6) is 0 Å². The molecule has 5 aromatic heterocycles. The Hall–Kier alpha value is -4.26. The molecule has 0 aliphatic carbocycles. The van der Waals surface area contributed by atoms with E-state index in [1.165, 1.54) is 0 Å². The van der Waals surface area contributed by atoms with Crippen molar-refractivity contribution in [3.05, 3.63) is 103 Å². The van der Waals surface area contributed by atoms with Crippen molar-refractivity contribution in [2.24, 2.45) is 0 Å². The van der Waals surface area contributed by atoms with E-state index in [1.807, 2.05) is 53.2 Å². The summed E-state index contributed by atoms with van der Waals surface area (Å²) in [5.74, 6) is 0.631. The van der Waals surface area contributed by atoms with Gasteiger partial charge in [0.1, 0.15) is 5.82 Å². The van der Waals surface area contributed by atoms with Crippen LogP contribution < -0.4 is 5.32 Å². The topological polar surface area (TPSA) is 77.1 Å². The van der Waals surface area contributed by atoms with Gasteiger partial charge >= 0.3 is 0 Å². The van der Waals surface area contributed by atoms with Gasteiger partial charge in [0.25, 0.3) is 5.91 Å². The lowest BCUT2D eigenvalue weighted by atomic mass is 10.1. The van der Waals surface area contributed by atoms with Gasteiger partial charge in [-0.05, 0) is 53.6 Å². The number of fused-ring (bicyclic) bond motifs is 1. The fourth-order valence-corrected chi connectivity index (χ4v) is 3.32. The van der Waals surface area contributed by atoms with Crippen molar-refractivity contribution >= 4 is 11.4 Å². The van der Waals surface area contributed by atoms with E-state index in [4.69, 9.17) is 0 Å². The Kier molecular flexibility index (Phi) is 4.53. The summed E-state index contributed by atoms with van der Waals surface area (Å²) >= 11 is 0. The highest BCUT2D eigenvalue weighted by Gasteiger charge is 2.12. The van der Waals surface area contributed by atoms with Gasteiger partial charge < -0.3 is 9.72 Å². The maximum absolute atomic E-state index is 12.5. The average Bonchev–Trinajstić information content (AvgIpc) is 3.45. The van der Waals surface area contributed by atoms with Crippen LogP contribution in [-0.4, -0.2) is 30.1 Å². The Balaban J connectivity index is 1.41. The van der Waals surface area contributed by atoms with Crippen LogP contribution in [0.15, 0.2) is 91.8 Å². The molecular weight excluding hydrogens is 376 g/mol. The van der Waals surface area contributed by atoms with Gasteiger partial charge in [-0.2, -0.15) is 5.10 Å². The second-order valence-electron chi connectivity index (χ2n) is 6.83. The van der Waals surface area contributed by atoms with Gasteiger partial charge in [-0.25, -0.2) is 4.68 Å². The Morgan fingerprint density at radius 3 is 2.60 bits per heavy atom. The van der Waals surface area contributed by atoms with Gasteiger partial charge in [0.2, 0.25) is 0 Å². The molecule has 30 heavy (non-hydrogen) atoms. The number of rotatable bonds is 5. The summed E-state index contributed by atoms with van der Waals surface area (Å²) in [5.41, 5.74) is 4.48. The summed E-state index contributed by atoms with van der Waals surface area (Å²) in [6.45, 7) is 0.427. The smallest absolute Gasteiger partial charge is 0.272 e. The van der Waals surface area contributed by atoms with E-state index >= 15 is 0 Å². The van der Waals surface area contributed by atoms with E-state index in [9.17, 15) is 4.79 Å². The molecule has 5 heterocycles. The molecule has 7 heteroatoms. The van der Waals surface area contributed by atoms with Crippen LogP contribution in [0.1, 0.15) is 16.1 Å². The van der Waals surface area contributed by atoms with Crippen LogP contribution in [0.25, 0.3) is 22.5 Å². The van der Waals surface area contributed by atoms with Crippen molar-refractivity contribution < 1.29 is 4.79 Å². The minimum absolute atomic E-state index is 0.220. The Morgan fingerprint density at radius 1 is 0.900 bits per heavy atom. The van der Waals surface area contributed by atoms with Crippen molar-refractivity contribution in [2.45, 2.75) is 6.54 Å². The van der Waals surface area contributed by atoms with Crippen molar-refractivity contribution in [3.63, 3.8) is 0 Å². The molecular formula is C23H18N6O. The Bertz CT molecular complexity index is 1310.